The monoisotopic (exact) mass is 312 g/mol. The zero-order valence-electron chi connectivity index (χ0n) is 12.9. The highest BCUT2D eigenvalue weighted by atomic mass is 16.2. The molecule has 0 spiro atoms. The van der Waals surface area contributed by atoms with E-state index < -0.39 is 0 Å². The van der Waals surface area contributed by atoms with Crippen molar-refractivity contribution in [2.45, 2.75) is 44.2 Å². The summed E-state index contributed by atoms with van der Waals surface area (Å²) in [6.45, 7) is 0.911. The summed E-state index contributed by atoms with van der Waals surface area (Å²) < 4.78 is 1.88. The Kier molecular flexibility index (Phi) is 3.78. The molecule has 1 aliphatic carbocycles. The summed E-state index contributed by atoms with van der Waals surface area (Å²) >= 11 is 0. The van der Waals surface area contributed by atoms with Crippen LogP contribution >= 0.6 is 0 Å². The van der Waals surface area contributed by atoms with Gasteiger partial charge in [-0.15, -0.1) is 5.10 Å². The van der Waals surface area contributed by atoms with Crippen LogP contribution in [0.1, 0.15) is 38.1 Å². The lowest BCUT2D eigenvalue weighted by Crippen LogP contribution is -2.43. The first-order valence-electron chi connectivity index (χ1n) is 8.24. The van der Waals surface area contributed by atoms with Gasteiger partial charge < -0.3 is 10.6 Å². The lowest BCUT2D eigenvalue weighted by Gasteiger charge is -2.22. The fourth-order valence-electron chi connectivity index (χ4n) is 2.99. The maximum absolute atomic E-state index is 12.3. The summed E-state index contributed by atoms with van der Waals surface area (Å²) in [5, 5.41) is 18.3. The summed E-state index contributed by atoms with van der Waals surface area (Å²) in [5.74, 6) is 0.794. The van der Waals surface area contributed by atoms with Crippen molar-refractivity contribution in [1.29, 1.82) is 0 Å². The average Bonchev–Trinajstić information content (AvgIpc) is 3.32. The zero-order chi connectivity index (χ0) is 15.6. The maximum Gasteiger partial charge on any atom is 0.241 e. The number of carbonyl (C=O) groups excluding carboxylic acids is 1. The minimum Gasteiger partial charge on any atom is -0.325 e. The van der Waals surface area contributed by atoms with Gasteiger partial charge in [0.15, 0.2) is 5.82 Å². The highest BCUT2D eigenvalue weighted by Crippen LogP contribution is 2.36. The molecule has 1 saturated carbocycles. The Morgan fingerprint density at radius 3 is 2.96 bits per heavy atom. The van der Waals surface area contributed by atoms with Gasteiger partial charge in [0.05, 0.1) is 12.1 Å². The van der Waals surface area contributed by atoms with Crippen molar-refractivity contribution in [2.24, 2.45) is 0 Å². The molecular formula is C16H20N6O. The van der Waals surface area contributed by atoms with Gasteiger partial charge in [0.25, 0.3) is 0 Å². The molecule has 1 atom stereocenters. The first-order valence-corrected chi connectivity index (χ1v) is 8.24. The van der Waals surface area contributed by atoms with Crippen LogP contribution in [-0.4, -0.2) is 38.7 Å². The van der Waals surface area contributed by atoms with Gasteiger partial charge in [0, 0.05) is 11.3 Å². The first kappa shape index (κ1) is 14.3. The van der Waals surface area contributed by atoms with Gasteiger partial charge in [-0.3, -0.25) is 4.79 Å². The Morgan fingerprint density at radius 2 is 2.17 bits per heavy atom. The average molecular weight is 312 g/mol. The zero-order valence-corrected chi connectivity index (χ0v) is 12.9. The molecule has 4 rings (SSSR count). The lowest BCUT2D eigenvalue weighted by atomic mass is 10.0. The van der Waals surface area contributed by atoms with Crippen molar-refractivity contribution >= 4 is 11.6 Å². The highest BCUT2D eigenvalue weighted by molar-refractivity contribution is 5.95. The van der Waals surface area contributed by atoms with Crippen molar-refractivity contribution in [3.8, 4) is 11.4 Å². The third kappa shape index (κ3) is 3.10. The smallest absolute Gasteiger partial charge is 0.241 e. The number of anilines is 1. The summed E-state index contributed by atoms with van der Waals surface area (Å²) in [6, 6.07) is 8.05. The summed E-state index contributed by atoms with van der Waals surface area (Å²) in [5.41, 5.74) is 1.71. The van der Waals surface area contributed by atoms with Gasteiger partial charge in [-0.25, -0.2) is 4.68 Å². The second kappa shape index (κ2) is 6.08. The van der Waals surface area contributed by atoms with Gasteiger partial charge >= 0.3 is 0 Å². The van der Waals surface area contributed by atoms with Crippen molar-refractivity contribution < 1.29 is 4.79 Å². The molecule has 2 heterocycles. The SMILES string of the molecule is O=C(Nc1cccc(-c2nnnn2C2CC2)c1)C1CCCCN1. The number of nitrogens with zero attached hydrogens (tertiary/aromatic N) is 4. The number of nitrogens with one attached hydrogen (secondary N) is 2. The molecule has 2 aromatic rings. The predicted molar refractivity (Wildman–Crippen MR) is 85.8 cm³/mol. The number of hydrogen-bond acceptors (Lipinski definition) is 5. The molecule has 1 aromatic heterocycles. The van der Waals surface area contributed by atoms with Crippen LogP contribution < -0.4 is 10.6 Å². The lowest BCUT2D eigenvalue weighted by molar-refractivity contribution is -0.118. The topological polar surface area (TPSA) is 84.7 Å². The van der Waals surface area contributed by atoms with E-state index in [0.29, 0.717) is 6.04 Å². The van der Waals surface area contributed by atoms with E-state index in [1.807, 2.05) is 28.9 Å². The van der Waals surface area contributed by atoms with E-state index >= 15 is 0 Å². The molecule has 1 aliphatic heterocycles. The van der Waals surface area contributed by atoms with Crippen LogP contribution in [0.25, 0.3) is 11.4 Å². The Morgan fingerprint density at radius 1 is 1.26 bits per heavy atom. The van der Waals surface area contributed by atoms with Crippen LogP contribution in [0.15, 0.2) is 24.3 Å². The number of tetrazole rings is 1. The molecule has 2 N–H and O–H groups in total. The maximum atomic E-state index is 12.3. The van der Waals surface area contributed by atoms with Crippen molar-refractivity contribution in [3.63, 3.8) is 0 Å². The van der Waals surface area contributed by atoms with Gasteiger partial charge in [-0.05, 0) is 54.8 Å². The number of aromatic nitrogens is 4. The molecule has 1 unspecified atom stereocenters. The third-order valence-corrected chi connectivity index (χ3v) is 4.40. The number of benzene rings is 1. The number of hydrogen-bond donors (Lipinski definition) is 2. The molecular weight excluding hydrogens is 292 g/mol. The van der Waals surface area contributed by atoms with Crippen LogP contribution in [0, 0.1) is 0 Å². The molecule has 2 fully saturated rings. The number of carbonyl (C=O) groups is 1. The van der Waals surface area contributed by atoms with E-state index in [-0.39, 0.29) is 11.9 Å². The quantitative estimate of drug-likeness (QED) is 0.898. The third-order valence-electron chi connectivity index (χ3n) is 4.40. The Bertz CT molecular complexity index is 702. The standard InChI is InChI=1S/C16H20N6O/c23-16(14-6-1-2-9-17-14)18-12-5-3-4-11(10-12)15-19-20-21-22(15)13-7-8-13/h3-5,10,13-14,17H,1-2,6-9H2,(H,18,23). The van der Waals surface area contributed by atoms with E-state index in [2.05, 4.69) is 26.2 Å². The molecule has 2 aliphatic rings. The number of piperidine rings is 1. The molecule has 23 heavy (non-hydrogen) atoms. The van der Waals surface area contributed by atoms with E-state index in [1.165, 1.54) is 0 Å². The summed E-state index contributed by atoms with van der Waals surface area (Å²) in [7, 11) is 0. The second-order valence-electron chi connectivity index (χ2n) is 6.25. The van der Waals surface area contributed by atoms with Crippen molar-refractivity contribution in [1.82, 2.24) is 25.5 Å². The fourth-order valence-corrected chi connectivity index (χ4v) is 2.99. The molecule has 1 saturated heterocycles. The number of rotatable bonds is 4. The van der Waals surface area contributed by atoms with Gasteiger partial charge in [-0.2, -0.15) is 0 Å². The normalized spacial score (nSPS) is 21.1. The minimum absolute atomic E-state index is 0.0311. The highest BCUT2D eigenvalue weighted by Gasteiger charge is 2.28. The van der Waals surface area contributed by atoms with E-state index in [9.17, 15) is 4.79 Å². The Hall–Kier alpha value is -2.28. The molecule has 7 heteroatoms. The summed E-state index contributed by atoms with van der Waals surface area (Å²) in [6.07, 6.45) is 5.39. The molecule has 0 bridgehead atoms. The van der Waals surface area contributed by atoms with Gasteiger partial charge in [0.2, 0.25) is 5.91 Å². The number of amides is 1. The van der Waals surface area contributed by atoms with Gasteiger partial charge in [0.1, 0.15) is 0 Å². The van der Waals surface area contributed by atoms with Crippen molar-refractivity contribution in [3.05, 3.63) is 24.3 Å². The minimum atomic E-state index is -0.0933. The van der Waals surface area contributed by atoms with Crippen LogP contribution in [0.2, 0.25) is 0 Å². The van der Waals surface area contributed by atoms with Crippen LogP contribution in [-0.2, 0) is 4.79 Å². The Labute approximate surface area is 134 Å². The van der Waals surface area contributed by atoms with E-state index in [1.54, 1.807) is 0 Å². The van der Waals surface area contributed by atoms with Crippen LogP contribution in [0.4, 0.5) is 5.69 Å². The second-order valence-corrected chi connectivity index (χ2v) is 6.25. The largest absolute Gasteiger partial charge is 0.325 e. The molecule has 1 amide bonds. The fraction of sp³-hybridized carbons (Fsp3) is 0.500. The molecule has 7 nitrogen and oxygen atoms in total. The Balaban J connectivity index is 1.51. The van der Waals surface area contributed by atoms with Crippen LogP contribution in [0.3, 0.4) is 0 Å². The molecule has 1 aromatic carbocycles. The van der Waals surface area contributed by atoms with E-state index in [4.69, 9.17) is 0 Å². The predicted octanol–water partition coefficient (Wildman–Crippen LogP) is 1.76. The first-order chi connectivity index (χ1) is 11.3. The summed E-state index contributed by atoms with van der Waals surface area (Å²) in [4.78, 5) is 12.3. The van der Waals surface area contributed by atoms with Crippen molar-refractivity contribution in [2.75, 3.05) is 11.9 Å². The van der Waals surface area contributed by atoms with Crippen LogP contribution in [0.5, 0.6) is 0 Å². The molecule has 120 valence electrons. The molecule has 0 radical (unpaired) electrons. The van der Waals surface area contributed by atoms with Gasteiger partial charge in [-0.1, -0.05) is 18.6 Å². The van der Waals surface area contributed by atoms with E-state index in [0.717, 1.165) is 55.7 Å².